The van der Waals surface area contributed by atoms with E-state index in [0.717, 1.165) is 0 Å². The molecule has 0 aromatic carbocycles. The summed E-state index contributed by atoms with van der Waals surface area (Å²) in [5, 5.41) is 63.9. The second-order valence-electron chi connectivity index (χ2n) is 12.6. The predicted octanol–water partition coefficient (Wildman–Crippen LogP) is 0.120. The van der Waals surface area contributed by atoms with Crippen molar-refractivity contribution >= 4 is 11.9 Å². The number of hydrogen-bond acceptors (Lipinski definition) is 13. The van der Waals surface area contributed by atoms with Crippen LogP contribution >= 0.6 is 0 Å². The molecule has 4 rings (SSSR count). The molecule has 3 fully saturated rings. The molecule has 2 bridgehead atoms. The normalized spacial score (nSPS) is 47.2. The van der Waals surface area contributed by atoms with Crippen LogP contribution < -0.4 is 5.73 Å². The molecule has 14 atom stereocenters. The van der Waals surface area contributed by atoms with Crippen molar-refractivity contribution in [3.8, 4) is 0 Å². The van der Waals surface area contributed by atoms with Crippen LogP contribution in [0.15, 0.2) is 60.8 Å². The monoisotopic (exact) mass is 665 g/mol. The van der Waals surface area contributed by atoms with Gasteiger partial charge in [-0.25, -0.2) is 4.79 Å². The number of aliphatic hydroxyl groups is 5. The van der Waals surface area contributed by atoms with Crippen molar-refractivity contribution in [3.63, 3.8) is 0 Å². The molecule has 0 aromatic heterocycles. The van der Waals surface area contributed by atoms with E-state index in [2.05, 4.69) is 0 Å². The van der Waals surface area contributed by atoms with Crippen LogP contribution in [-0.4, -0.2) is 122 Å². The van der Waals surface area contributed by atoms with Gasteiger partial charge < -0.3 is 60.1 Å². The molecule has 262 valence electrons. The summed E-state index contributed by atoms with van der Waals surface area (Å²) in [4.78, 5) is 24.4. The maximum absolute atomic E-state index is 12.3. The third kappa shape index (κ3) is 10.6. The van der Waals surface area contributed by atoms with E-state index in [0.29, 0.717) is 6.42 Å². The molecule has 47 heavy (non-hydrogen) atoms. The van der Waals surface area contributed by atoms with Gasteiger partial charge in [-0.05, 0) is 19.9 Å². The largest absolute Gasteiger partial charge is 0.481 e. The zero-order chi connectivity index (χ0) is 34.3. The second-order valence-corrected chi connectivity index (χ2v) is 12.6. The molecular formula is C33H47NO13. The van der Waals surface area contributed by atoms with Gasteiger partial charge in [-0.15, -0.1) is 0 Å². The Morgan fingerprint density at radius 1 is 0.936 bits per heavy atom. The molecule has 14 heteroatoms. The van der Waals surface area contributed by atoms with Crippen molar-refractivity contribution in [1.29, 1.82) is 0 Å². The number of fused-ring (bicyclic) bond motifs is 3. The lowest BCUT2D eigenvalue weighted by molar-refractivity contribution is -0.308. The van der Waals surface area contributed by atoms with Crippen LogP contribution in [0.3, 0.4) is 0 Å². The number of ether oxygens (including phenoxy) is 5. The number of aliphatic hydroxyl groups excluding tert-OH is 4. The molecule has 1 unspecified atom stereocenters. The first-order valence-corrected chi connectivity index (χ1v) is 15.9. The Bertz CT molecular complexity index is 1220. The highest BCUT2D eigenvalue weighted by Crippen LogP contribution is 2.39. The van der Waals surface area contributed by atoms with Crippen molar-refractivity contribution in [2.24, 2.45) is 11.7 Å². The van der Waals surface area contributed by atoms with Crippen LogP contribution in [-0.2, 0) is 33.3 Å². The van der Waals surface area contributed by atoms with Gasteiger partial charge in [-0.1, -0.05) is 48.6 Å². The van der Waals surface area contributed by atoms with Gasteiger partial charge in [0.05, 0.1) is 48.8 Å². The molecule has 0 aromatic rings. The maximum atomic E-state index is 12.3. The number of esters is 1. The molecule has 3 saturated heterocycles. The second kappa shape index (κ2) is 16.6. The standard InChI is InChI=1S/C33H47NO13/c1-18-10-8-6-4-3-5-7-9-11-21(45-32-30(39)28(34)29(38)19(2)44-32)15-25-27(31(40)41)22(36)17-33(42,47-25)16-20(35)14-24-23(46-24)12-13-26(37)43-18/h3-9,11-13,18-25,27-30,32,35-36,38-39,42H,10,14-17,34H2,1-2H3,(H,40,41)/b4-3-,7-5+,8-6+,11-9+,13-12+/t18-,19-,20+,21?,22+,23-,24-,25+,27-,28+,29-,30+,32+,33-/m1/s1. The first kappa shape index (κ1) is 37.1. The van der Waals surface area contributed by atoms with Crippen LogP contribution in [0.1, 0.15) is 46.0 Å². The highest BCUT2D eigenvalue weighted by atomic mass is 16.7. The molecule has 0 spiro atoms. The number of aliphatic carboxylic acids is 1. The van der Waals surface area contributed by atoms with Crippen LogP contribution in [0.25, 0.3) is 0 Å². The number of carbonyl (C=O) groups excluding carboxylic acids is 1. The van der Waals surface area contributed by atoms with E-state index in [1.54, 1.807) is 56.4 Å². The van der Waals surface area contributed by atoms with E-state index in [-0.39, 0.29) is 25.4 Å². The van der Waals surface area contributed by atoms with Crippen LogP contribution in [0.4, 0.5) is 0 Å². The zero-order valence-electron chi connectivity index (χ0n) is 26.4. The minimum Gasteiger partial charge on any atom is -0.481 e. The van der Waals surface area contributed by atoms with Gasteiger partial charge in [-0.3, -0.25) is 4.79 Å². The summed E-state index contributed by atoms with van der Waals surface area (Å²) >= 11 is 0. The van der Waals surface area contributed by atoms with Crippen molar-refractivity contribution in [2.45, 2.75) is 125 Å². The predicted molar refractivity (Wildman–Crippen MR) is 165 cm³/mol. The third-order valence-electron chi connectivity index (χ3n) is 8.58. The summed E-state index contributed by atoms with van der Waals surface area (Å²) in [7, 11) is 0. The Morgan fingerprint density at radius 2 is 1.64 bits per heavy atom. The number of hydrogen-bond donors (Lipinski definition) is 7. The average molecular weight is 666 g/mol. The lowest BCUT2D eigenvalue weighted by Crippen LogP contribution is -2.61. The molecule has 0 saturated carbocycles. The summed E-state index contributed by atoms with van der Waals surface area (Å²) in [6.45, 7) is 3.34. The third-order valence-corrected chi connectivity index (χ3v) is 8.58. The van der Waals surface area contributed by atoms with Crippen molar-refractivity contribution in [1.82, 2.24) is 0 Å². The summed E-state index contributed by atoms with van der Waals surface area (Å²) in [5.74, 6) is -5.45. The zero-order valence-corrected chi connectivity index (χ0v) is 26.4. The van der Waals surface area contributed by atoms with Crippen molar-refractivity contribution in [2.75, 3.05) is 0 Å². The molecule has 4 heterocycles. The number of epoxide rings is 1. The summed E-state index contributed by atoms with van der Waals surface area (Å²) in [6.07, 6.45) is 5.25. The van der Waals surface area contributed by atoms with E-state index in [1.165, 1.54) is 12.2 Å². The quantitative estimate of drug-likeness (QED) is 0.157. The van der Waals surface area contributed by atoms with Gasteiger partial charge in [0.15, 0.2) is 12.1 Å². The SMILES string of the molecule is C[C@@H]1C/C=C/C=C\C=C\C=C\C(O[C@@H]2O[C@H](C)[C@@H](O)[C@H](N)[C@@H]2O)C[C@@H]2O[C@](O)(C[C@@H](O)C[C@H]3O[C@@H]3/C=C/C(=O)O1)C[C@H](O)[C@H]2C(=O)O. The summed E-state index contributed by atoms with van der Waals surface area (Å²) in [6, 6.07) is -1.08. The van der Waals surface area contributed by atoms with Gasteiger partial charge in [0.25, 0.3) is 0 Å². The van der Waals surface area contributed by atoms with Gasteiger partial charge >= 0.3 is 11.9 Å². The van der Waals surface area contributed by atoms with Gasteiger partial charge in [0.2, 0.25) is 0 Å². The van der Waals surface area contributed by atoms with Gasteiger partial charge in [0, 0.05) is 38.2 Å². The number of allylic oxidation sites excluding steroid dienone is 6. The van der Waals surface area contributed by atoms with Gasteiger partial charge in [-0.2, -0.15) is 0 Å². The minimum absolute atomic E-state index is 0.0789. The molecule has 0 amide bonds. The summed E-state index contributed by atoms with van der Waals surface area (Å²) in [5.41, 5.74) is 5.98. The fraction of sp³-hybridized carbons (Fsp3) is 0.636. The number of cyclic esters (lactones) is 1. The van der Waals surface area contributed by atoms with E-state index in [1.807, 2.05) is 6.08 Å². The molecule has 14 nitrogen and oxygen atoms in total. The molecule has 0 radical (unpaired) electrons. The Hall–Kier alpha value is -2.76. The molecule has 4 aliphatic heterocycles. The highest BCUT2D eigenvalue weighted by molar-refractivity contribution is 5.82. The topological polar surface area (TPSA) is 231 Å². The Balaban J connectivity index is 1.58. The van der Waals surface area contributed by atoms with Gasteiger partial charge in [0.1, 0.15) is 24.2 Å². The van der Waals surface area contributed by atoms with E-state index in [9.17, 15) is 40.2 Å². The van der Waals surface area contributed by atoms with E-state index in [4.69, 9.17) is 29.4 Å². The lowest BCUT2D eigenvalue weighted by atomic mass is 9.83. The number of carbonyl (C=O) groups is 2. The smallest absolute Gasteiger partial charge is 0.330 e. The Labute approximate surface area is 273 Å². The van der Waals surface area contributed by atoms with Crippen LogP contribution in [0.2, 0.25) is 0 Å². The molecular weight excluding hydrogens is 618 g/mol. The van der Waals surface area contributed by atoms with E-state index < -0.39 is 97.3 Å². The lowest BCUT2D eigenvalue weighted by Gasteiger charge is -2.45. The number of nitrogens with two attached hydrogens (primary N) is 1. The number of rotatable bonds is 3. The molecule has 0 aliphatic carbocycles. The van der Waals surface area contributed by atoms with Crippen LogP contribution in [0.5, 0.6) is 0 Å². The van der Waals surface area contributed by atoms with Crippen molar-refractivity contribution < 1.29 is 63.9 Å². The number of carboxylic acid groups (broad SMARTS) is 1. The number of carboxylic acids is 1. The minimum atomic E-state index is -2.10. The highest BCUT2D eigenvalue weighted by Gasteiger charge is 2.51. The summed E-state index contributed by atoms with van der Waals surface area (Å²) < 4.78 is 28.5. The Kier molecular flexibility index (Phi) is 13.1. The fourth-order valence-electron chi connectivity index (χ4n) is 6.00. The first-order chi connectivity index (χ1) is 22.3. The van der Waals surface area contributed by atoms with Crippen molar-refractivity contribution in [3.05, 3.63) is 60.8 Å². The Morgan fingerprint density at radius 3 is 2.36 bits per heavy atom. The first-order valence-electron chi connectivity index (χ1n) is 15.9. The van der Waals surface area contributed by atoms with E-state index >= 15 is 0 Å². The molecule has 8 N–H and O–H groups in total. The maximum Gasteiger partial charge on any atom is 0.330 e. The van der Waals surface area contributed by atoms with Crippen LogP contribution in [0, 0.1) is 5.92 Å². The fourth-order valence-corrected chi connectivity index (χ4v) is 6.00. The molecule has 4 aliphatic rings. The average Bonchev–Trinajstić information content (AvgIpc) is 3.72.